The van der Waals surface area contributed by atoms with Gasteiger partial charge in [-0.25, -0.2) is 10.9 Å². The van der Waals surface area contributed by atoms with E-state index in [-0.39, 0.29) is 12.2 Å². The van der Waals surface area contributed by atoms with E-state index in [0.29, 0.717) is 17.8 Å². The van der Waals surface area contributed by atoms with Crippen molar-refractivity contribution in [2.75, 3.05) is 26.2 Å². The second kappa shape index (κ2) is 5.55. The third kappa shape index (κ3) is 2.43. The minimum atomic E-state index is 0.142. The van der Waals surface area contributed by atoms with Crippen LogP contribution in [0.2, 0.25) is 0 Å². The summed E-state index contributed by atoms with van der Waals surface area (Å²) in [6, 6.07) is 8.78. The van der Waals surface area contributed by atoms with E-state index < -0.39 is 0 Å². The standard InChI is InChI=1S/C15H23N5O/c21-14-4-2-1-3-11(14)12-7-13-15(19-18-12)17-9-10-8-16-5-6-20(10)13/h1-4,10,12-13,15-19,21H,5-9H2/t10-,12?,13?,15?/m0/s1. The molecule has 1 aromatic carbocycles. The highest BCUT2D eigenvalue weighted by Crippen LogP contribution is 2.32. The van der Waals surface area contributed by atoms with Gasteiger partial charge in [-0.1, -0.05) is 18.2 Å². The number of fused-ring (bicyclic) bond motifs is 3. The van der Waals surface area contributed by atoms with Gasteiger partial charge in [0, 0.05) is 43.8 Å². The lowest BCUT2D eigenvalue weighted by atomic mass is 9.91. The molecule has 6 nitrogen and oxygen atoms in total. The number of hydrogen-bond donors (Lipinski definition) is 5. The van der Waals surface area contributed by atoms with Crippen molar-refractivity contribution in [2.45, 2.75) is 30.7 Å². The van der Waals surface area contributed by atoms with Gasteiger partial charge < -0.3 is 10.4 Å². The number of phenols is 1. The molecule has 3 aliphatic heterocycles. The lowest BCUT2D eigenvalue weighted by molar-refractivity contribution is -0.00145. The molecule has 0 spiro atoms. The first-order valence-electron chi connectivity index (χ1n) is 7.82. The summed E-state index contributed by atoms with van der Waals surface area (Å²) in [7, 11) is 0. The fourth-order valence-electron chi connectivity index (χ4n) is 3.89. The number of hydrazine groups is 1. The van der Waals surface area contributed by atoms with Crippen LogP contribution in [0.15, 0.2) is 24.3 Å². The highest BCUT2D eigenvalue weighted by Gasteiger charge is 2.42. The van der Waals surface area contributed by atoms with E-state index >= 15 is 0 Å². The van der Waals surface area contributed by atoms with Gasteiger partial charge in [-0.15, -0.1) is 0 Å². The average molecular weight is 289 g/mol. The molecule has 3 saturated heterocycles. The maximum atomic E-state index is 10.1. The monoisotopic (exact) mass is 289 g/mol. The van der Waals surface area contributed by atoms with Crippen molar-refractivity contribution in [1.82, 2.24) is 26.4 Å². The number of nitrogens with zero attached hydrogens (tertiary/aromatic N) is 1. The maximum Gasteiger partial charge on any atom is 0.120 e. The number of aromatic hydroxyl groups is 1. The first-order chi connectivity index (χ1) is 10.3. The third-order valence-corrected chi connectivity index (χ3v) is 4.98. The van der Waals surface area contributed by atoms with Crippen LogP contribution in [0.5, 0.6) is 5.75 Å². The molecule has 5 N–H and O–H groups in total. The Hall–Kier alpha value is -1.18. The Labute approximate surface area is 124 Å². The van der Waals surface area contributed by atoms with Crippen LogP contribution in [-0.4, -0.2) is 54.4 Å². The fourth-order valence-corrected chi connectivity index (χ4v) is 3.89. The van der Waals surface area contributed by atoms with E-state index in [0.717, 1.165) is 38.2 Å². The van der Waals surface area contributed by atoms with Crippen molar-refractivity contribution in [1.29, 1.82) is 0 Å². The number of hydrogen-bond acceptors (Lipinski definition) is 6. The van der Waals surface area contributed by atoms with Gasteiger partial charge in [0.15, 0.2) is 0 Å². The summed E-state index contributed by atoms with van der Waals surface area (Å²) in [5, 5.41) is 17.1. The zero-order valence-corrected chi connectivity index (χ0v) is 12.0. The number of piperazine rings is 2. The van der Waals surface area contributed by atoms with Crippen LogP contribution >= 0.6 is 0 Å². The molecule has 0 saturated carbocycles. The van der Waals surface area contributed by atoms with Crippen LogP contribution in [0.4, 0.5) is 0 Å². The van der Waals surface area contributed by atoms with Gasteiger partial charge in [0.2, 0.25) is 0 Å². The van der Waals surface area contributed by atoms with Crippen molar-refractivity contribution < 1.29 is 5.11 Å². The van der Waals surface area contributed by atoms with Crippen LogP contribution in [0, 0.1) is 0 Å². The fraction of sp³-hybridized carbons (Fsp3) is 0.600. The summed E-state index contributed by atoms with van der Waals surface area (Å²) < 4.78 is 0. The van der Waals surface area contributed by atoms with Crippen molar-refractivity contribution >= 4 is 0 Å². The van der Waals surface area contributed by atoms with Gasteiger partial charge in [0.05, 0.1) is 12.2 Å². The molecule has 21 heavy (non-hydrogen) atoms. The Morgan fingerprint density at radius 3 is 2.95 bits per heavy atom. The topological polar surface area (TPSA) is 71.6 Å². The lowest BCUT2D eigenvalue weighted by Crippen LogP contribution is -2.74. The highest BCUT2D eigenvalue weighted by molar-refractivity contribution is 5.35. The van der Waals surface area contributed by atoms with E-state index in [1.54, 1.807) is 6.07 Å². The van der Waals surface area contributed by atoms with Crippen LogP contribution < -0.4 is 21.5 Å². The normalized spacial score (nSPS) is 36.8. The van der Waals surface area contributed by atoms with E-state index in [1.807, 2.05) is 18.2 Å². The van der Waals surface area contributed by atoms with E-state index in [1.165, 1.54) is 0 Å². The zero-order valence-electron chi connectivity index (χ0n) is 12.0. The SMILES string of the molecule is Oc1ccccc1C1CC2C(NC[C@@H]3CNCCN23)NN1. The Morgan fingerprint density at radius 1 is 1.14 bits per heavy atom. The smallest absolute Gasteiger partial charge is 0.120 e. The van der Waals surface area contributed by atoms with Crippen molar-refractivity contribution in [3.8, 4) is 5.75 Å². The van der Waals surface area contributed by atoms with Crippen molar-refractivity contribution in [3.63, 3.8) is 0 Å². The summed E-state index contributed by atoms with van der Waals surface area (Å²) in [5.41, 5.74) is 7.72. The van der Waals surface area contributed by atoms with E-state index in [4.69, 9.17) is 0 Å². The molecule has 0 radical (unpaired) electrons. The Morgan fingerprint density at radius 2 is 2.05 bits per heavy atom. The molecule has 4 atom stereocenters. The molecular weight excluding hydrogens is 266 g/mol. The number of phenolic OH excluding ortho intramolecular Hbond substituents is 1. The number of rotatable bonds is 1. The zero-order chi connectivity index (χ0) is 14.2. The van der Waals surface area contributed by atoms with Crippen molar-refractivity contribution in [2.24, 2.45) is 0 Å². The van der Waals surface area contributed by atoms with Gasteiger partial charge in [0.25, 0.3) is 0 Å². The molecule has 3 aliphatic rings. The number of nitrogens with one attached hydrogen (secondary N) is 4. The summed E-state index contributed by atoms with van der Waals surface area (Å²) in [5.74, 6) is 0.371. The van der Waals surface area contributed by atoms with Gasteiger partial charge in [-0.05, 0) is 12.5 Å². The summed E-state index contributed by atoms with van der Waals surface area (Å²) >= 11 is 0. The Balaban J connectivity index is 1.55. The predicted molar refractivity (Wildman–Crippen MR) is 80.7 cm³/mol. The molecule has 0 bridgehead atoms. The summed E-state index contributed by atoms with van der Waals surface area (Å²) in [6.45, 7) is 4.24. The first kappa shape index (κ1) is 13.5. The molecule has 4 rings (SSSR count). The van der Waals surface area contributed by atoms with Gasteiger partial charge in [-0.3, -0.25) is 10.2 Å². The molecule has 6 heteroatoms. The molecular formula is C15H23N5O. The van der Waals surface area contributed by atoms with Gasteiger partial charge >= 0.3 is 0 Å². The molecule has 1 aromatic rings. The van der Waals surface area contributed by atoms with E-state index in [2.05, 4.69) is 26.4 Å². The largest absolute Gasteiger partial charge is 0.508 e. The van der Waals surface area contributed by atoms with E-state index in [9.17, 15) is 5.11 Å². The average Bonchev–Trinajstić information content (AvgIpc) is 2.55. The second-order valence-electron chi connectivity index (χ2n) is 6.18. The first-order valence-corrected chi connectivity index (χ1v) is 7.82. The highest BCUT2D eigenvalue weighted by atomic mass is 16.3. The van der Waals surface area contributed by atoms with Gasteiger partial charge in [0.1, 0.15) is 5.75 Å². The molecule has 114 valence electrons. The predicted octanol–water partition coefficient (Wildman–Crippen LogP) is -0.497. The number of para-hydroxylation sites is 1. The summed E-state index contributed by atoms with van der Waals surface area (Å²) in [4.78, 5) is 2.62. The summed E-state index contributed by atoms with van der Waals surface area (Å²) in [6.07, 6.45) is 1.28. The van der Waals surface area contributed by atoms with Crippen molar-refractivity contribution in [3.05, 3.63) is 29.8 Å². The van der Waals surface area contributed by atoms with Gasteiger partial charge in [-0.2, -0.15) is 0 Å². The molecule has 3 unspecified atom stereocenters. The third-order valence-electron chi connectivity index (χ3n) is 4.98. The van der Waals surface area contributed by atoms with Crippen LogP contribution in [0.3, 0.4) is 0 Å². The number of benzene rings is 1. The molecule has 0 amide bonds. The molecule has 0 aliphatic carbocycles. The lowest BCUT2D eigenvalue weighted by Gasteiger charge is -2.52. The molecule has 3 fully saturated rings. The Kier molecular flexibility index (Phi) is 3.56. The minimum Gasteiger partial charge on any atom is -0.508 e. The quantitative estimate of drug-likeness (QED) is 0.480. The van der Waals surface area contributed by atoms with Crippen LogP contribution in [0.25, 0.3) is 0 Å². The van der Waals surface area contributed by atoms with Crippen LogP contribution in [-0.2, 0) is 0 Å². The Bertz CT molecular complexity index is 511. The van der Waals surface area contributed by atoms with Crippen LogP contribution in [0.1, 0.15) is 18.0 Å². The maximum absolute atomic E-state index is 10.1. The molecule has 3 heterocycles. The second-order valence-corrected chi connectivity index (χ2v) is 6.18. The molecule has 0 aromatic heterocycles. The minimum absolute atomic E-state index is 0.142.